The molecule has 0 fully saturated rings. The van der Waals surface area contributed by atoms with Gasteiger partial charge in [-0.3, -0.25) is 0 Å². The van der Waals surface area contributed by atoms with Gasteiger partial charge in [-0.05, 0) is 36.4 Å². The van der Waals surface area contributed by atoms with Crippen LogP contribution in [0.1, 0.15) is 11.4 Å². The number of rotatable bonds is 3. The number of alkyl halides is 6. The van der Waals surface area contributed by atoms with Crippen molar-refractivity contribution >= 4 is 11.6 Å². The SMILES string of the molecule is FC(F)(F)c1cc(C(F)(F)F)n(-c2ccc(-n3cc(-c4ccc(Cl)cc4)nn3)cc2)n1. The Labute approximate surface area is 175 Å². The third kappa shape index (κ3) is 4.26. The molecule has 0 N–H and O–H groups in total. The molecule has 4 aromatic rings. The van der Waals surface area contributed by atoms with Crippen LogP contribution in [-0.4, -0.2) is 24.8 Å². The van der Waals surface area contributed by atoms with Gasteiger partial charge < -0.3 is 0 Å². The van der Waals surface area contributed by atoms with Crippen molar-refractivity contribution in [3.63, 3.8) is 0 Å². The van der Waals surface area contributed by atoms with Gasteiger partial charge in [-0.25, -0.2) is 9.36 Å². The molecule has 0 saturated heterocycles. The van der Waals surface area contributed by atoms with Crippen LogP contribution in [0, 0.1) is 0 Å². The van der Waals surface area contributed by atoms with Gasteiger partial charge in [-0.15, -0.1) is 5.10 Å². The Hall–Kier alpha value is -3.34. The van der Waals surface area contributed by atoms with Gasteiger partial charge in [0.15, 0.2) is 5.69 Å². The minimum absolute atomic E-state index is 0.0241. The molecule has 0 amide bonds. The summed E-state index contributed by atoms with van der Waals surface area (Å²) >= 11 is 5.85. The lowest BCUT2D eigenvalue weighted by molar-refractivity contribution is -0.143. The van der Waals surface area contributed by atoms with Gasteiger partial charge in [0.25, 0.3) is 0 Å². The molecule has 0 aliphatic carbocycles. The minimum Gasteiger partial charge on any atom is -0.228 e. The Morgan fingerprint density at radius 2 is 1.39 bits per heavy atom. The molecule has 0 spiro atoms. The van der Waals surface area contributed by atoms with Crippen LogP contribution >= 0.6 is 11.6 Å². The molecule has 2 aromatic heterocycles. The Balaban J connectivity index is 1.67. The average Bonchev–Trinajstić information content (AvgIpc) is 3.36. The molecule has 31 heavy (non-hydrogen) atoms. The van der Waals surface area contributed by atoms with Crippen LogP contribution in [0.2, 0.25) is 5.02 Å². The second-order valence-corrected chi connectivity index (χ2v) is 6.83. The van der Waals surface area contributed by atoms with E-state index in [2.05, 4.69) is 15.4 Å². The summed E-state index contributed by atoms with van der Waals surface area (Å²) in [7, 11) is 0. The van der Waals surface area contributed by atoms with Gasteiger partial charge in [0.05, 0.1) is 17.6 Å². The first-order valence-corrected chi connectivity index (χ1v) is 8.94. The molecule has 2 aromatic carbocycles. The monoisotopic (exact) mass is 457 g/mol. The number of nitrogens with zero attached hydrogens (tertiary/aromatic N) is 5. The van der Waals surface area contributed by atoms with Gasteiger partial charge in [-0.2, -0.15) is 31.4 Å². The summed E-state index contributed by atoms with van der Waals surface area (Å²) in [5.41, 5.74) is -1.63. The Bertz CT molecular complexity index is 1210. The third-order valence-electron chi connectivity index (χ3n) is 4.28. The predicted octanol–water partition coefficient (Wildman–Crippen LogP) is 5.81. The molecule has 5 nitrogen and oxygen atoms in total. The average molecular weight is 458 g/mol. The van der Waals surface area contributed by atoms with E-state index < -0.39 is 23.7 Å². The molecule has 0 aliphatic heterocycles. The van der Waals surface area contributed by atoms with Crippen LogP contribution in [-0.2, 0) is 12.4 Å². The van der Waals surface area contributed by atoms with Gasteiger partial charge in [0.1, 0.15) is 11.4 Å². The molecule has 0 unspecified atom stereocenters. The molecule has 0 aliphatic rings. The lowest BCUT2D eigenvalue weighted by atomic mass is 10.2. The van der Waals surface area contributed by atoms with E-state index in [1.807, 2.05) is 0 Å². The third-order valence-corrected chi connectivity index (χ3v) is 4.53. The van der Waals surface area contributed by atoms with E-state index in [0.717, 1.165) is 5.56 Å². The first-order chi connectivity index (χ1) is 14.5. The highest BCUT2D eigenvalue weighted by molar-refractivity contribution is 6.30. The highest BCUT2D eigenvalue weighted by Crippen LogP contribution is 2.36. The van der Waals surface area contributed by atoms with Crippen molar-refractivity contribution in [3.8, 4) is 22.6 Å². The van der Waals surface area contributed by atoms with Crippen LogP contribution < -0.4 is 0 Å². The van der Waals surface area contributed by atoms with Crippen molar-refractivity contribution in [3.05, 3.63) is 77.2 Å². The first-order valence-electron chi connectivity index (χ1n) is 8.56. The van der Waals surface area contributed by atoms with E-state index in [0.29, 0.717) is 16.4 Å². The Morgan fingerprint density at radius 1 is 0.774 bits per heavy atom. The molecule has 0 radical (unpaired) electrons. The van der Waals surface area contributed by atoms with Crippen LogP contribution in [0.3, 0.4) is 0 Å². The standard InChI is InChI=1S/C19H10ClF6N5/c20-12-3-1-11(2-4-12)15-10-30(29-27-15)13-5-7-14(8-6-13)31-17(19(24,25)26)9-16(28-31)18(21,22)23/h1-10H. The van der Waals surface area contributed by atoms with Crippen molar-refractivity contribution in [2.45, 2.75) is 12.4 Å². The van der Waals surface area contributed by atoms with E-state index in [1.165, 1.54) is 28.9 Å². The summed E-state index contributed by atoms with van der Waals surface area (Å²) in [6.45, 7) is 0. The van der Waals surface area contributed by atoms with E-state index in [-0.39, 0.29) is 16.4 Å². The van der Waals surface area contributed by atoms with Gasteiger partial charge >= 0.3 is 12.4 Å². The highest BCUT2D eigenvalue weighted by Gasteiger charge is 2.42. The summed E-state index contributed by atoms with van der Waals surface area (Å²) in [5, 5.41) is 11.6. The Morgan fingerprint density at radius 3 is 1.97 bits per heavy atom. The molecule has 12 heteroatoms. The van der Waals surface area contributed by atoms with E-state index in [4.69, 9.17) is 11.6 Å². The number of aromatic nitrogens is 5. The zero-order valence-electron chi connectivity index (χ0n) is 15.2. The molecule has 160 valence electrons. The number of hydrogen-bond donors (Lipinski definition) is 0. The minimum atomic E-state index is -5.02. The Kier molecular flexibility index (Phi) is 5.00. The summed E-state index contributed by atoms with van der Waals surface area (Å²) < 4.78 is 79.8. The van der Waals surface area contributed by atoms with E-state index in [9.17, 15) is 26.3 Å². The van der Waals surface area contributed by atoms with Crippen molar-refractivity contribution in [1.82, 2.24) is 24.8 Å². The summed E-state index contributed by atoms with van der Waals surface area (Å²) in [4.78, 5) is 0. The van der Waals surface area contributed by atoms with Crippen molar-refractivity contribution in [1.29, 1.82) is 0 Å². The molecule has 0 saturated carbocycles. The second kappa shape index (κ2) is 7.41. The van der Waals surface area contributed by atoms with E-state index in [1.54, 1.807) is 30.5 Å². The smallest absolute Gasteiger partial charge is 0.228 e. The predicted molar refractivity (Wildman–Crippen MR) is 98.9 cm³/mol. The highest BCUT2D eigenvalue weighted by atomic mass is 35.5. The molecular weight excluding hydrogens is 448 g/mol. The van der Waals surface area contributed by atoms with Gasteiger partial charge in [-0.1, -0.05) is 28.9 Å². The quantitative estimate of drug-likeness (QED) is 0.365. The zero-order chi connectivity index (χ0) is 22.4. The van der Waals surface area contributed by atoms with Crippen LogP contribution in [0.15, 0.2) is 60.8 Å². The molecule has 2 heterocycles. The zero-order valence-corrected chi connectivity index (χ0v) is 15.9. The van der Waals surface area contributed by atoms with Crippen LogP contribution in [0.4, 0.5) is 26.3 Å². The van der Waals surface area contributed by atoms with Crippen LogP contribution in [0.5, 0.6) is 0 Å². The summed E-state index contributed by atoms with van der Waals surface area (Å²) in [6, 6.07) is 12.0. The topological polar surface area (TPSA) is 48.5 Å². The molecule has 0 atom stereocenters. The molecule has 4 rings (SSSR count). The van der Waals surface area contributed by atoms with E-state index >= 15 is 0 Å². The fraction of sp³-hybridized carbons (Fsp3) is 0.105. The maximum absolute atomic E-state index is 13.2. The lowest BCUT2D eigenvalue weighted by Gasteiger charge is -2.10. The van der Waals surface area contributed by atoms with Crippen LogP contribution in [0.25, 0.3) is 22.6 Å². The maximum atomic E-state index is 13.2. The second-order valence-electron chi connectivity index (χ2n) is 6.39. The van der Waals surface area contributed by atoms with Gasteiger partial charge in [0.2, 0.25) is 0 Å². The number of benzene rings is 2. The first kappa shape index (κ1) is 20.9. The fourth-order valence-electron chi connectivity index (χ4n) is 2.81. The summed E-state index contributed by atoms with van der Waals surface area (Å²) in [6.07, 6.45) is -8.44. The van der Waals surface area contributed by atoms with Crippen molar-refractivity contribution in [2.75, 3.05) is 0 Å². The molecule has 0 bridgehead atoms. The largest absolute Gasteiger partial charge is 0.435 e. The van der Waals surface area contributed by atoms with Crippen molar-refractivity contribution in [2.24, 2.45) is 0 Å². The fourth-order valence-corrected chi connectivity index (χ4v) is 2.93. The van der Waals surface area contributed by atoms with Gasteiger partial charge in [0, 0.05) is 16.7 Å². The maximum Gasteiger partial charge on any atom is 0.435 e. The normalized spacial score (nSPS) is 12.4. The van der Waals surface area contributed by atoms with Crippen molar-refractivity contribution < 1.29 is 26.3 Å². The molecular formula is C19H10ClF6N5. The summed E-state index contributed by atoms with van der Waals surface area (Å²) in [5.74, 6) is 0. The lowest BCUT2D eigenvalue weighted by Crippen LogP contribution is -2.13. The number of halogens is 7. The number of hydrogen-bond acceptors (Lipinski definition) is 3.